The van der Waals surface area contributed by atoms with E-state index in [9.17, 15) is 4.79 Å². The molecule has 124 valence electrons. The lowest BCUT2D eigenvalue weighted by Gasteiger charge is -2.35. The average Bonchev–Trinajstić information content (AvgIpc) is 2.43. The van der Waals surface area contributed by atoms with Gasteiger partial charge in [-0.15, -0.1) is 0 Å². The van der Waals surface area contributed by atoms with Crippen LogP contribution in [0.3, 0.4) is 0 Å². The molecule has 1 unspecified atom stereocenters. The smallest absolute Gasteiger partial charge is 0.225 e. The number of nitrogens with zero attached hydrogens (tertiary/aromatic N) is 1. The molecule has 1 N–H and O–H groups in total. The number of unbranched alkanes of at least 4 members (excludes halogenated alkanes) is 6. The minimum absolute atomic E-state index is 0.198. The van der Waals surface area contributed by atoms with Crippen LogP contribution in [0.2, 0.25) is 0 Å². The summed E-state index contributed by atoms with van der Waals surface area (Å²) in [6, 6.07) is 0. The van der Waals surface area contributed by atoms with Crippen LogP contribution in [0.25, 0.3) is 0 Å². The molecule has 1 fully saturated rings. The van der Waals surface area contributed by atoms with E-state index < -0.39 is 0 Å². The van der Waals surface area contributed by atoms with Crippen molar-refractivity contribution < 1.29 is 4.79 Å². The highest BCUT2D eigenvalue weighted by Crippen LogP contribution is 2.19. The Morgan fingerprint density at radius 2 is 1.52 bits per heavy atom. The van der Waals surface area contributed by atoms with Crippen LogP contribution in [-0.4, -0.2) is 37.0 Å². The fourth-order valence-electron chi connectivity index (χ4n) is 2.95. The van der Waals surface area contributed by atoms with Crippen LogP contribution >= 0.6 is 0 Å². The van der Waals surface area contributed by atoms with E-state index in [4.69, 9.17) is 0 Å². The summed E-state index contributed by atoms with van der Waals surface area (Å²) >= 11 is 0. The highest BCUT2D eigenvalue weighted by Gasteiger charge is 2.31. The standard InChI is InChI=1S/C18H36N2O/c1-4-6-8-10-12-20(13-11-9-7-5-2)18(21)16(3)17-14-19-15-17/h16-17,19H,4-15H2,1-3H3. The van der Waals surface area contributed by atoms with Crippen molar-refractivity contribution in [3.63, 3.8) is 0 Å². The summed E-state index contributed by atoms with van der Waals surface area (Å²) in [4.78, 5) is 14.9. The van der Waals surface area contributed by atoms with Gasteiger partial charge in [0.1, 0.15) is 0 Å². The van der Waals surface area contributed by atoms with E-state index in [2.05, 4.69) is 31.0 Å². The van der Waals surface area contributed by atoms with Gasteiger partial charge in [0.05, 0.1) is 0 Å². The van der Waals surface area contributed by atoms with Crippen LogP contribution in [0.4, 0.5) is 0 Å². The molecule has 0 aromatic rings. The minimum atomic E-state index is 0.198. The van der Waals surface area contributed by atoms with Crippen molar-refractivity contribution in [1.29, 1.82) is 0 Å². The highest BCUT2D eigenvalue weighted by molar-refractivity contribution is 5.79. The first kappa shape index (κ1) is 18.5. The molecule has 0 radical (unpaired) electrons. The van der Waals surface area contributed by atoms with E-state index >= 15 is 0 Å². The normalized spacial score (nSPS) is 16.5. The van der Waals surface area contributed by atoms with Crippen LogP contribution in [0.1, 0.15) is 72.1 Å². The van der Waals surface area contributed by atoms with Gasteiger partial charge in [-0.1, -0.05) is 59.3 Å². The first-order chi connectivity index (χ1) is 10.2. The van der Waals surface area contributed by atoms with Crippen molar-refractivity contribution in [3.8, 4) is 0 Å². The third kappa shape index (κ3) is 6.82. The largest absolute Gasteiger partial charge is 0.342 e. The van der Waals surface area contributed by atoms with Gasteiger partial charge in [0.15, 0.2) is 0 Å². The summed E-state index contributed by atoms with van der Waals surface area (Å²) in [7, 11) is 0. The quantitative estimate of drug-likeness (QED) is 0.555. The lowest BCUT2D eigenvalue weighted by molar-refractivity contribution is -0.137. The SMILES string of the molecule is CCCCCCN(CCCCCC)C(=O)C(C)C1CNC1. The second kappa shape index (κ2) is 11.1. The zero-order valence-electron chi connectivity index (χ0n) is 14.5. The van der Waals surface area contributed by atoms with Crippen molar-refractivity contribution in [2.75, 3.05) is 26.2 Å². The van der Waals surface area contributed by atoms with Crippen LogP contribution < -0.4 is 5.32 Å². The lowest BCUT2D eigenvalue weighted by atomic mass is 9.88. The van der Waals surface area contributed by atoms with Gasteiger partial charge in [-0.3, -0.25) is 4.79 Å². The molecule has 21 heavy (non-hydrogen) atoms. The molecule has 1 rings (SSSR count). The second-order valence-electron chi connectivity index (χ2n) is 6.65. The number of nitrogens with one attached hydrogen (secondary N) is 1. The van der Waals surface area contributed by atoms with E-state index in [1.54, 1.807) is 0 Å². The molecule has 3 nitrogen and oxygen atoms in total. The Kier molecular flexibility index (Phi) is 9.73. The molecule has 1 saturated heterocycles. The highest BCUT2D eigenvalue weighted by atomic mass is 16.2. The van der Waals surface area contributed by atoms with Crippen molar-refractivity contribution in [1.82, 2.24) is 10.2 Å². The summed E-state index contributed by atoms with van der Waals surface area (Å²) < 4.78 is 0. The van der Waals surface area contributed by atoms with Gasteiger partial charge in [0, 0.05) is 19.0 Å². The van der Waals surface area contributed by atoms with Gasteiger partial charge in [0.2, 0.25) is 5.91 Å². The number of carbonyl (C=O) groups excluding carboxylic acids is 1. The second-order valence-corrected chi connectivity index (χ2v) is 6.65. The van der Waals surface area contributed by atoms with Crippen molar-refractivity contribution >= 4 is 5.91 Å². The molecule has 1 amide bonds. The maximum Gasteiger partial charge on any atom is 0.225 e. The van der Waals surface area contributed by atoms with E-state index in [1.165, 1.54) is 51.4 Å². The van der Waals surface area contributed by atoms with Gasteiger partial charge in [-0.2, -0.15) is 0 Å². The molecule has 3 heteroatoms. The summed E-state index contributed by atoms with van der Waals surface area (Å²) in [6.45, 7) is 10.6. The first-order valence-corrected chi connectivity index (χ1v) is 9.20. The fraction of sp³-hybridized carbons (Fsp3) is 0.944. The number of hydrogen-bond donors (Lipinski definition) is 1. The van der Waals surface area contributed by atoms with Crippen LogP contribution in [0.5, 0.6) is 0 Å². The van der Waals surface area contributed by atoms with Crippen LogP contribution in [0.15, 0.2) is 0 Å². The first-order valence-electron chi connectivity index (χ1n) is 9.20. The topological polar surface area (TPSA) is 32.3 Å². The maximum atomic E-state index is 12.7. The molecular formula is C18H36N2O. The number of amides is 1. The number of hydrogen-bond acceptors (Lipinski definition) is 2. The van der Waals surface area contributed by atoms with Gasteiger partial charge >= 0.3 is 0 Å². The summed E-state index contributed by atoms with van der Waals surface area (Å²) in [6.07, 6.45) is 9.96. The van der Waals surface area contributed by atoms with Gasteiger partial charge < -0.3 is 10.2 Å². The Balaban J connectivity index is 2.38. The Labute approximate surface area is 131 Å². The molecular weight excluding hydrogens is 260 g/mol. The fourth-order valence-corrected chi connectivity index (χ4v) is 2.95. The molecule has 1 heterocycles. The number of carbonyl (C=O) groups is 1. The molecule has 1 aliphatic rings. The van der Waals surface area contributed by atoms with Crippen molar-refractivity contribution in [3.05, 3.63) is 0 Å². The van der Waals surface area contributed by atoms with Gasteiger partial charge in [-0.25, -0.2) is 0 Å². The molecule has 0 aromatic carbocycles. The molecule has 0 aliphatic carbocycles. The number of rotatable bonds is 12. The monoisotopic (exact) mass is 296 g/mol. The van der Waals surface area contributed by atoms with E-state index in [0.717, 1.165) is 26.2 Å². The third-order valence-corrected chi connectivity index (χ3v) is 4.78. The Bertz CT molecular complexity index is 264. The Morgan fingerprint density at radius 1 is 1.00 bits per heavy atom. The minimum Gasteiger partial charge on any atom is -0.342 e. The summed E-state index contributed by atoms with van der Waals surface area (Å²) in [5, 5.41) is 3.28. The maximum absolute atomic E-state index is 12.7. The van der Waals surface area contributed by atoms with Crippen molar-refractivity contribution in [2.24, 2.45) is 11.8 Å². The van der Waals surface area contributed by atoms with Gasteiger partial charge in [0.25, 0.3) is 0 Å². The Hall–Kier alpha value is -0.570. The lowest BCUT2D eigenvalue weighted by Crippen LogP contribution is -2.50. The van der Waals surface area contributed by atoms with E-state index in [1.807, 2.05) is 0 Å². The summed E-state index contributed by atoms with van der Waals surface area (Å²) in [5.41, 5.74) is 0. The average molecular weight is 296 g/mol. The van der Waals surface area contributed by atoms with Crippen LogP contribution in [-0.2, 0) is 4.79 Å². The third-order valence-electron chi connectivity index (χ3n) is 4.78. The molecule has 1 aliphatic heterocycles. The van der Waals surface area contributed by atoms with Gasteiger partial charge in [-0.05, 0) is 31.8 Å². The van der Waals surface area contributed by atoms with Crippen molar-refractivity contribution in [2.45, 2.75) is 72.1 Å². The Morgan fingerprint density at radius 3 is 1.90 bits per heavy atom. The molecule has 0 bridgehead atoms. The van der Waals surface area contributed by atoms with Crippen LogP contribution in [0, 0.1) is 11.8 Å². The zero-order chi connectivity index (χ0) is 15.5. The summed E-state index contributed by atoms with van der Waals surface area (Å²) in [5.74, 6) is 1.16. The molecule has 0 spiro atoms. The predicted octanol–water partition coefficient (Wildman–Crippen LogP) is 3.83. The van der Waals surface area contributed by atoms with E-state index in [0.29, 0.717) is 11.8 Å². The molecule has 0 aromatic heterocycles. The van der Waals surface area contributed by atoms with E-state index in [-0.39, 0.29) is 5.92 Å². The molecule has 1 atom stereocenters. The zero-order valence-corrected chi connectivity index (χ0v) is 14.5. The predicted molar refractivity (Wildman–Crippen MR) is 90.4 cm³/mol. The molecule has 0 saturated carbocycles.